The molecule has 0 aliphatic carbocycles. The summed E-state index contributed by atoms with van der Waals surface area (Å²) in [7, 11) is 0. The zero-order valence-electron chi connectivity index (χ0n) is 10.2. The molecule has 0 atom stereocenters. The molecule has 1 heterocycles. The van der Waals surface area contributed by atoms with Crippen molar-refractivity contribution in [3.63, 3.8) is 0 Å². The van der Waals surface area contributed by atoms with Gasteiger partial charge >= 0.3 is 0 Å². The number of aromatic nitrogens is 2. The number of hydrogen-bond acceptors (Lipinski definition) is 2. The van der Waals surface area contributed by atoms with Gasteiger partial charge in [-0.25, -0.2) is 4.98 Å². The Bertz CT molecular complexity index is 544. The van der Waals surface area contributed by atoms with Gasteiger partial charge in [-0.3, -0.25) is 0 Å². The molecule has 1 aromatic heterocycles. The standard InChI is InChI=1S/C13H16ClN3/c1-8(2)17-9(3)16-12(13(17)15)10-5-4-6-11(14)7-10/h4-8H,15H2,1-3H3. The minimum absolute atomic E-state index is 0.301. The summed E-state index contributed by atoms with van der Waals surface area (Å²) in [6, 6.07) is 7.89. The normalized spacial score (nSPS) is 11.1. The summed E-state index contributed by atoms with van der Waals surface area (Å²) in [6.45, 7) is 6.14. The van der Waals surface area contributed by atoms with Crippen molar-refractivity contribution < 1.29 is 0 Å². The topological polar surface area (TPSA) is 43.8 Å². The van der Waals surface area contributed by atoms with E-state index in [2.05, 4.69) is 18.8 Å². The van der Waals surface area contributed by atoms with Gasteiger partial charge in [-0.2, -0.15) is 0 Å². The first-order valence-electron chi connectivity index (χ1n) is 5.61. The second-order valence-corrected chi connectivity index (χ2v) is 4.80. The number of hydrogen-bond donors (Lipinski definition) is 1. The van der Waals surface area contributed by atoms with Crippen LogP contribution in [-0.2, 0) is 0 Å². The highest BCUT2D eigenvalue weighted by Gasteiger charge is 2.15. The van der Waals surface area contributed by atoms with Crippen LogP contribution in [-0.4, -0.2) is 9.55 Å². The monoisotopic (exact) mass is 249 g/mol. The number of halogens is 1. The summed E-state index contributed by atoms with van der Waals surface area (Å²) in [4.78, 5) is 4.52. The summed E-state index contributed by atoms with van der Waals surface area (Å²) >= 11 is 5.98. The zero-order valence-corrected chi connectivity index (χ0v) is 11.0. The third-order valence-electron chi connectivity index (χ3n) is 2.74. The maximum atomic E-state index is 6.14. The summed E-state index contributed by atoms with van der Waals surface area (Å²) < 4.78 is 2.02. The molecule has 0 unspecified atom stereocenters. The third kappa shape index (κ3) is 2.15. The molecule has 2 N–H and O–H groups in total. The van der Waals surface area contributed by atoms with Crippen molar-refractivity contribution in [3.8, 4) is 11.3 Å². The molecule has 4 heteroatoms. The van der Waals surface area contributed by atoms with E-state index in [4.69, 9.17) is 17.3 Å². The number of nitrogen functional groups attached to an aromatic ring is 1. The van der Waals surface area contributed by atoms with Gasteiger partial charge in [-0.1, -0.05) is 23.7 Å². The molecule has 3 nitrogen and oxygen atoms in total. The van der Waals surface area contributed by atoms with Crippen molar-refractivity contribution in [2.24, 2.45) is 0 Å². The van der Waals surface area contributed by atoms with Gasteiger partial charge in [0, 0.05) is 16.6 Å². The fraction of sp³-hybridized carbons (Fsp3) is 0.308. The average Bonchev–Trinajstić information content (AvgIpc) is 2.54. The summed E-state index contributed by atoms with van der Waals surface area (Å²) in [5.41, 5.74) is 7.90. The Hall–Kier alpha value is -1.48. The molecule has 17 heavy (non-hydrogen) atoms. The molecule has 0 fully saturated rings. The van der Waals surface area contributed by atoms with Crippen LogP contribution in [0.4, 0.5) is 5.82 Å². The van der Waals surface area contributed by atoms with Gasteiger partial charge in [0.15, 0.2) is 0 Å². The minimum Gasteiger partial charge on any atom is -0.383 e. The Balaban J connectivity index is 2.58. The van der Waals surface area contributed by atoms with Gasteiger partial charge in [0.1, 0.15) is 17.3 Å². The van der Waals surface area contributed by atoms with E-state index >= 15 is 0 Å². The highest BCUT2D eigenvalue weighted by Crippen LogP contribution is 2.29. The Morgan fingerprint density at radius 3 is 2.59 bits per heavy atom. The minimum atomic E-state index is 0.301. The van der Waals surface area contributed by atoms with E-state index in [0.29, 0.717) is 16.9 Å². The van der Waals surface area contributed by atoms with Gasteiger partial charge in [-0.15, -0.1) is 0 Å². The fourth-order valence-electron chi connectivity index (χ4n) is 2.06. The zero-order chi connectivity index (χ0) is 12.6. The molecule has 0 aliphatic rings. The molecule has 2 rings (SSSR count). The van der Waals surface area contributed by atoms with E-state index in [0.717, 1.165) is 17.1 Å². The molecule has 1 aromatic carbocycles. The number of benzene rings is 1. The van der Waals surface area contributed by atoms with Gasteiger partial charge in [-0.05, 0) is 32.9 Å². The molecule has 0 saturated heterocycles. The average molecular weight is 250 g/mol. The van der Waals surface area contributed by atoms with Crippen LogP contribution < -0.4 is 5.73 Å². The number of nitrogens with zero attached hydrogens (tertiary/aromatic N) is 2. The summed E-state index contributed by atoms with van der Waals surface area (Å²) in [6.07, 6.45) is 0. The van der Waals surface area contributed by atoms with Crippen LogP contribution in [0.1, 0.15) is 25.7 Å². The molecular weight excluding hydrogens is 234 g/mol. The van der Waals surface area contributed by atoms with Crippen molar-refractivity contribution >= 4 is 17.4 Å². The van der Waals surface area contributed by atoms with Crippen molar-refractivity contribution in [2.45, 2.75) is 26.8 Å². The van der Waals surface area contributed by atoms with Gasteiger partial charge < -0.3 is 10.3 Å². The largest absolute Gasteiger partial charge is 0.383 e. The number of rotatable bonds is 2. The molecule has 0 radical (unpaired) electrons. The maximum Gasteiger partial charge on any atom is 0.131 e. The van der Waals surface area contributed by atoms with Crippen LogP contribution in [0, 0.1) is 6.92 Å². The number of nitrogens with two attached hydrogens (primary N) is 1. The Morgan fingerprint density at radius 1 is 1.35 bits per heavy atom. The van der Waals surface area contributed by atoms with Crippen LogP contribution in [0.5, 0.6) is 0 Å². The van der Waals surface area contributed by atoms with E-state index in [1.807, 2.05) is 35.8 Å². The molecular formula is C13H16ClN3. The fourth-order valence-corrected chi connectivity index (χ4v) is 2.25. The highest BCUT2D eigenvalue weighted by atomic mass is 35.5. The molecule has 0 amide bonds. The van der Waals surface area contributed by atoms with Crippen molar-refractivity contribution in [3.05, 3.63) is 35.1 Å². The molecule has 2 aromatic rings. The predicted molar refractivity (Wildman–Crippen MR) is 72.2 cm³/mol. The molecule has 90 valence electrons. The lowest BCUT2D eigenvalue weighted by Crippen LogP contribution is -2.07. The van der Waals surface area contributed by atoms with Gasteiger partial charge in [0.2, 0.25) is 0 Å². The molecule has 0 bridgehead atoms. The van der Waals surface area contributed by atoms with Crippen LogP contribution in [0.2, 0.25) is 5.02 Å². The van der Waals surface area contributed by atoms with E-state index in [9.17, 15) is 0 Å². The lowest BCUT2D eigenvalue weighted by Gasteiger charge is -2.11. The number of anilines is 1. The first-order valence-corrected chi connectivity index (χ1v) is 5.98. The maximum absolute atomic E-state index is 6.14. The SMILES string of the molecule is Cc1nc(-c2cccc(Cl)c2)c(N)n1C(C)C. The van der Waals surface area contributed by atoms with Gasteiger partial charge in [0.25, 0.3) is 0 Å². The lowest BCUT2D eigenvalue weighted by molar-refractivity contribution is 0.590. The van der Waals surface area contributed by atoms with Crippen LogP contribution >= 0.6 is 11.6 Å². The van der Waals surface area contributed by atoms with Crippen molar-refractivity contribution in [1.82, 2.24) is 9.55 Å². The number of aryl methyl sites for hydroxylation is 1. The summed E-state index contributed by atoms with van der Waals surface area (Å²) in [5.74, 6) is 1.62. The van der Waals surface area contributed by atoms with E-state index in [1.54, 1.807) is 0 Å². The van der Waals surface area contributed by atoms with Crippen LogP contribution in [0.15, 0.2) is 24.3 Å². The van der Waals surface area contributed by atoms with Crippen LogP contribution in [0.3, 0.4) is 0 Å². The Labute approximate surface area is 106 Å². The van der Waals surface area contributed by atoms with E-state index < -0.39 is 0 Å². The molecule has 0 spiro atoms. The third-order valence-corrected chi connectivity index (χ3v) is 2.97. The smallest absolute Gasteiger partial charge is 0.131 e. The first kappa shape index (κ1) is 12.0. The van der Waals surface area contributed by atoms with E-state index in [-0.39, 0.29) is 0 Å². The summed E-state index contributed by atoms with van der Waals surface area (Å²) in [5, 5.41) is 0.693. The first-order chi connectivity index (χ1) is 8.00. The predicted octanol–water partition coefficient (Wildman–Crippen LogP) is 3.68. The number of imidazole rings is 1. The second kappa shape index (κ2) is 4.41. The Morgan fingerprint density at radius 2 is 2.06 bits per heavy atom. The lowest BCUT2D eigenvalue weighted by atomic mass is 10.1. The highest BCUT2D eigenvalue weighted by molar-refractivity contribution is 6.30. The van der Waals surface area contributed by atoms with Crippen molar-refractivity contribution in [2.75, 3.05) is 5.73 Å². The van der Waals surface area contributed by atoms with Gasteiger partial charge in [0.05, 0.1) is 0 Å². The molecule has 0 saturated carbocycles. The van der Waals surface area contributed by atoms with E-state index in [1.165, 1.54) is 0 Å². The second-order valence-electron chi connectivity index (χ2n) is 4.37. The molecule has 0 aliphatic heterocycles. The van der Waals surface area contributed by atoms with Crippen LogP contribution in [0.25, 0.3) is 11.3 Å². The van der Waals surface area contributed by atoms with Crippen molar-refractivity contribution in [1.29, 1.82) is 0 Å². The Kier molecular flexibility index (Phi) is 3.11. The quantitative estimate of drug-likeness (QED) is 0.883.